The maximum absolute atomic E-state index is 3.98. The average molecular weight is 390 g/mol. The Bertz CT molecular complexity index is 307. The van der Waals surface area contributed by atoms with E-state index in [1.54, 1.807) is 14.1 Å². The monoisotopic (exact) mass is 390 g/mol. The van der Waals surface area contributed by atoms with Crippen LogP contribution in [0.3, 0.4) is 0 Å². The molecule has 0 atom stereocenters. The normalized spacial score (nSPS) is 13.1. The predicted molar refractivity (Wildman–Crippen MR) is 87.0 cm³/mol. The van der Waals surface area contributed by atoms with Gasteiger partial charge < -0.3 is 10.6 Å². The molecule has 0 heterocycles. The second kappa shape index (κ2) is 16.0. The van der Waals surface area contributed by atoms with E-state index in [0.717, 1.165) is 22.8 Å². The van der Waals surface area contributed by atoms with Crippen LogP contribution in [0.2, 0.25) is 0 Å². The molecule has 0 aliphatic rings. The van der Waals surface area contributed by atoms with E-state index in [0.29, 0.717) is 0 Å². The van der Waals surface area contributed by atoms with E-state index in [1.165, 1.54) is 0 Å². The SMILES string of the molecule is C[N-]/C(C)=C\C(C)=[NH+]C.C[N-]/C(C)=C\C(C)=[NH+]C.[Ba+2]. The van der Waals surface area contributed by atoms with Gasteiger partial charge in [0.05, 0.1) is 0 Å². The molecule has 0 unspecified atom stereocenters. The number of nitrogens with zero attached hydrogens (tertiary/aromatic N) is 2. The van der Waals surface area contributed by atoms with E-state index in [-0.39, 0.29) is 48.9 Å². The van der Waals surface area contributed by atoms with Crippen molar-refractivity contribution in [3.8, 4) is 0 Å². The topological polar surface area (TPSA) is 56.1 Å². The maximum atomic E-state index is 3.98. The Morgan fingerprint density at radius 1 is 0.737 bits per heavy atom. The quantitative estimate of drug-likeness (QED) is 0.492. The van der Waals surface area contributed by atoms with Gasteiger partial charge in [0.1, 0.15) is 14.1 Å². The van der Waals surface area contributed by atoms with E-state index < -0.39 is 0 Å². The number of nitrogens with one attached hydrogen (secondary N) is 2. The van der Waals surface area contributed by atoms with Crippen molar-refractivity contribution in [2.24, 2.45) is 0 Å². The predicted octanol–water partition coefficient (Wildman–Crippen LogP) is -0.251. The van der Waals surface area contributed by atoms with Gasteiger partial charge in [0.2, 0.25) is 0 Å². The zero-order valence-corrected chi connectivity index (χ0v) is 18.2. The van der Waals surface area contributed by atoms with Crippen molar-refractivity contribution in [1.82, 2.24) is 0 Å². The molecular formula is C14H28BaN4+2. The molecule has 0 aliphatic heterocycles. The molecule has 0 fully saturated rings. The van der Waals surface area contributed by atoms with Crippen LogP contribution < -0.4 is 9.98 Å². The molecule has 0 amide bonds. The van der Waals surface area contributed by atoms with E-state index in [9.17, 15) is 0 Å². The Kier molecular flexibility index (Phi) is 20.3. The van der Waals surface area contributed by atoms with Crippen LogP contribution >= 0.6 is 0 Å². The van der Waals surface area contributed by atoms with Crippen molar-refractivity contribution < 1.29 is 9.98 Å². The van der Waals surface area contributed by atoms with Crippen LogP contribution in [0.25, 0.3) is 10.6 Å². The maximum Gasteiger partial charge on any atom is 2.00 e. The van der Waals surface area contributed by atoms with Gasteiger partial charge in [-0.25, -0.2) is 9.98 Å². The van der Waals surface area contributed by atoms with Gasteiger partial charge in [0.15, 0.2) is 11.4 Å². The number of allylic oxidation sites excluding steroid dienone is 4. The first-order chi connectivity index (χ1) is 8.40. The molecule has 0 rings (SSSR count). The largest absolute Gasteiger partial charge is 2.00 e. The summed E-state index contributed by atoms with van der Waals surface area (Å²) in [5.41, 5.74) is 4.36. The third-order valence-electron chi connectivity index (χ3n) is 2.34. The fourth-order valence-electron chi connectivity index (χ4n) is 0.900. The van der Waals surface area contributed by atoms with Gasteiger partial charge >= 0.3 is 48.9 Å². The zero-order chi connectivity index (χ0) is 14.6. The molecule has 0 radical (unpaired) electrons. The van der Waals surface area contributed by atoms with E-state index >= 15 is 0 Å². The molecular weight excluding hydrogens is 362 g/mol. The Hall–Kier alpha value is -0.00857. The summed E-state index contributed by atoms with van der Waals surface area (Å²) in [4.78, 5) is 6.02. The van der Waals surface area contributed by atoms with Crippen LogP contribution in [0.5, 0.6) is 0 Å². The van der Waals surface area contributed by atoms with Crippen LogP contribution in [0, 0.1) is 0 Å². The number of hydrogen-bond acceptors (Lipinski definition) is 0. The minimum atomic E-state index is 0. The average Bonchev–Trinajstić information content (AvgIpc) is 2.38. The Labute approximate surface area is 159 Å². The summed E-state index contributed by atoms with van der Waals surface area (Å²) in [6, 6.07) is 0. The van der Waals surface area contributed by atoms with Gasteiger partial charge in [-0.3, -0.25) is 0 Å². The Morgan fingerprint density at radius 2 is 1.00 bits per heavy atom. The summed E-state index contributed by atoms with van der Waals surface area (Å²) in [5.74, 6) is 0. The molecule has 0 aromatic rings. The third-order valence-corrected chi connectivity index (χ3v) is 2.34. The summed E-state index contributed by atoms with van der Waals surface area (Å²) in [5, 5.41) is 7.95. The first-order valence-electron chi connectivity index (χ1n) is 6.00. The van der Waals surface area contributed by atoms with Crippen molar-refractivity contribution in [1.29, 1.82) is 0 Å². The van der Waals surface area contributed by atoms with Crippen molar-refractivity contribution in [2.45, 2.75) is 27.7 Å². The van der Waals surface area contributed by atoms with Gasteiger partial charge in [0.25, 0.3) is 0 Å². The molecule has 0 bridgehead atoms. The first-order valence-corrected chi connectivity index (χ1v) is 6.00. The van der Waals surface area contributed by atoms with Crippen LogP contribution in [0.15, 0.2) is 23.5 Å². The van der Waals surface area contributed by atoms with Crippen molar-refractivity contribution in [3.05, 3.63) is 34.2 Å². The minimum absolute atomic E-state index is 0. The molecule has 0 aliphatic carbocycles. The number of hydrogen-bond donors (Lipinski definition) is 2. The summed E-state index contributed by atoms with van der Waals surface area (Å²) in [7, 11) is 7.37. The number of rotatable bonds is 4. The molecule has 5 heteroatoms. The van der Waals surface area contributed by atoms with Gasteiger partial charge in [-0.15, -0.1) is 14.1 Å². The molecule has 4 nitrogen and oxygen atoms in total. The summed E-state index contributed by atoms with van der Waals surface area (Å²) in [6.45, 7) is 7.96. The molecule has 104 valence electrons. The third kappa shape index (κ3) is 18.0. The van der Waals surface area contributed by atoms with Crippen LogP contribution in [-0.2, 0) is 0 Å². The first kappa shape index (κ1) is 24.0. The van der Waals surface area contributed by atoms with E-state index in [1.807, 2.05) is 53.9 Å². The van der Waals surface area contributed by atoms with Crippen molar-refractivity contribution in [3.63, 3.8) is 0 Å². The van der Waals surface area contributed by atoms with Crippen LogP contribution in [0.4, 0.5) is 0 Å². The Balaban J connectivity index is -0.000000256. The van der Waals surface area contributed by atoms with Gasteiger partial charge in [-0.1, -0.05) is 13.8 Å². The smallest absolute Gasteiger partial charge is 0.690 e. The molecule has 19 heavy (non-hydrogen) atoms. The zero-order valence-electron chi connectivity index (χ0n) is 13.8. The second-order valence-electron chi connectivity index (χ2n) is 3.88. The van der Waals surface area contributed by atoms with Crippen molar-refractivity contribution >= 4 is 60.3 Å². The molecule has 0 spiro atoms. The van der Waals surface area contributed by atoms with Crippen LogP contribution in [0.1, 0.15) is 27.7 Å². The fourth-order valence-corrected chi connectivity index (χ4v) is 0.900. The fraction of sp³-hybridized carbons (Fsp3) is 0.571. The van der Waals surface area contributed by atoms with Gasteiger partial charge in [-0.2, -0.15) is 11.4 Å². The molecule has 2 N–H and O–H groups in total. The van der Waals surface area contributed by atoms with E-state index in [4.69, 9.17) is 0 Å². The molecule has 0 saturated heterocycles. The minimum Gasteiger partial charge on any atom is -0.690 e. The Morgan fingerprint density at radius 3 is 1.16 bits per heavy atom. The summed E-state index contributed by atoms with van der Waals surface area (Å²) in [6.07, 6.45) is 4.00. The standard InChI is InChI=1S/2C7H13N2.Ba/c2*1-6(8-3)5-7(2)9-4;/h2*5H,1-4H3;/q2*-1;+2/p+2/b2*6-5-,9-7?;. The van der Waals surface area contributed by atoms with E-state index in [2.05, 4.69) is 20.6 Å². The van der Waals surface area contributed by atoms with Gasteiger partial charge in [-0.05, 0) is 12.2 Å². The summed E-state index contributed by atoms with van der Waals surface area (Å²) < 4.78 is 0. The van der Waals surface area contributed by atoms with Gasteiger partial charge in [0, 0.05) is 13.8 Å². The van der Waals surface area contributed by atoms with Crippen LogP contribution in [-0.4, -0.2) is 88.5 Å². The molecule has 0 aromatic carbocycles. The molecule has 0 aromatic heterocycles. The van der Waals surface area contributed by atoms with Crippen molar-refractivity contribution in [2.75, 3.05) is 28.2 Å². The molecule has 0 saturated carbocycles. The summed E-state index contributed by atoms with van der Waals surface area (Å²) >= 11 is 0. The second-order valence-corrected chi connectivity index (χ2v) is 3.88.